The Labute approximate surface area is 133 Å². The van der Waals surface area contributed by atoms with Crippen molar-refractivity contribution >= 4 is 40.9 Å². The molecule has 2 aromatic rings. The number of benzene rings is 2. The van der Waals surface area contributed by atoms with Crippen LogP contribution in [0.15, 0.2) is 48.5 Å². The Bertz CT molecular complexity index is 646. The number of carbonyl (C=O) groups is 1. The molecule has 1 N–H and O–H groups in total. The molecule has 0 radical (unpaired) electrons. The van der Waals surface area contributed by atoms with Crippen LogP contribution in [0.2, 0.25) is 10.0 Å². The molecule has 0 bridgehead atoms. The standard InChI is InChI=1S/C16H13Cl2NO2/c1-21-15-5-2-11(3-6-15)4-7-16(20)19-14-9-12(17)8-13(18)10-14/h2-10H,1H3,(H,19,20). The molecule has 0 fully saturated rings. The van der Waals surface area contributed by atoms with E-state index >= 15 is 0 Å². The van der Waals surface area contributed by atoms with Crippen LogP contribution in [0, 0.1) is 0 Å². The highest BCUT2D eigenvalue weighted by Gasteiger charge is 2.01. The summed E-state index contributed by atoms with van der Waals surface area (Å²) < 4.78 is 5.07. The Morgan fingerprint density at radius 1 is 1.10 bits per heavy atom. The summed E-state index contributed by atoms with van der Waals surface area (Å²) in [7, 11) is 1.61. The lowest BCUT2D eigenvalue weighted by Crippen LogP contribution is -2.07. The molecule has 21 heavy (non-hydrogen) atoms. The molecule has 1 amide bonds. The van der Waals surface area contributed by atoms with Crippen molar-refractivity contribution in [3.8, 4) is 5.75 Å². The predicted molar refractivity (Wildman–Crippen MR) is 87.1 cm³/mol. The first-order valence-corrected chi connectivity index (χ1v) is 6.91. The largest absolute Gasteiger partial charge is 0.497 e. The van der Waals surface area contributed by atoms with Gasteiger partial charge in [-0.05, 0) is 42.0 Å². The van der Waals surface area contributed by atoms with Crippen LogP contribution in [0.5, 0.6) is 5.75 Å². The molecule has 5 heteroatoms. The lowest BCUT2D eigenvalue weighted by molar-refractivity contribution is -0.111. The minimum atomic E-state index is -0.260. The quantitative estimate of drug-likeness (QED) is 0.832. The van der Waals surface area contributed by atoms with Crippen LogP contribution in [-0.4, -0.2) is 13.0 Å². The minimum Gasteiger partial charge on any atom is -0.497 e. The lowest BCUT2D eigenvalue weighted by atomic mass is 10.2. The molecular weight excluding hydrogens is 309 g/mol. The third-order valence-corrected chi connectivity index (χ3v) is 3.11. The molecule has 0 aliphatic carbocycles. The van der Waals surface area contributed by atoms with Crippen LogP contribution in [0.4, 0.5) is 5.69 Å². The van der Waals surface area contributed by atoms with E-state index in [0.717, 1.165) is 11.3 Å². The van der Waals surface area contributed by atoms with Crippen molar-refractivity contribution in [2.75, 3.05) is 12.4 Å². The Morgan fingerprint density at radius 2 is 1.71 bits per heavy atom. The van der Waals surface area contributed by atoms with Gasteiger partial charge in [-0.15, -0.1) is 0 Å². The van der Waals surface area contributed by atoms with Crippen LogP contribution in [-0.2, 0) is 4.79 Å². The SMILES string of the molecule is COc1ccc(C=CC(=O)Nc2cc(Cl)cc(Cl)c2)cc1. The van der Waals surface area contributed by atoms with E-state index in [-0.39, 0.29) is 5.91 Å². The number of halogens is 2. The number of carbonyl (C=O) groups excluding carboxylic acids is 1. The van der Waals surface area contributed by atoms with Gasteiger partial charge in [-0.3, -0.25) is 4.79 Å². The highest BCUT2D eigenvalue weighted by molar-refractivity contribution is 6.35. The van der Waals surface area contributed by atoms with E-state index in [1.54, 1.807) is 31.4 Å². The Hall–Kier alpha value is -1.97. The van der Waals surface area contributed by atoms with Crippen LogP contribution in [0.3, 0.4) is 0 Å². The van der Waals surface area contributed by atoms with Crippen molar-refractivity contribution in [2.45, 2.75) is 0 Å². The summed E-state index contributed by atoms with van der Waals surface area (Å²) in [6, 6.07) is 12.2. The monoisotopic (exact) mass is 321 g/mol. The van der Waals surface area contributed by atoms with Crippen LogP contribution < -0.4 is 10.1 Å². The number of anilines is 1. The molecule has 2 rings (SSSR count). The molecule has 0 unspecified atom stereocenters. The van der Waals surface area contributed by atoms with Gasteiger partial charge in [0.25, 0.3) is 0 Å². The number of hydrogen-bond donors (Lipinski definition) is 1. The average Bonchev–Trinajstić information content (AvgIpc) is 2.44. The molecule has 108 valence electrons. The first-order valence-electron chi connectivity index (χ1n) is 6.16. The summed E-state index contributed by atoms with van der Waals surface area (Å²) in [6.07, 6.45) is 3.15. The summed E-state index contributed by atoms with van der Waals surface area (Å²) in [6.45, 7) is 0. The summed E-state index contributed by atoms with van der Waals surface area (Å²) in [5.74, 6) is 0.509. The molecule has 0 saturated heterocycles. The van der Waals surface area contributed by atoms with Crippen molar-refractivity contribution < 1.29 is 9.53 Å². The summed E-state index contributed by atoms with van der Waals surface area (Å²) in [5.41, 5.74) is 1.45. The summed E-state index contributed by atoms with van der Waals surface area (Å²) >= 11 is 11.7. The van der Waals surface area contributed by atoms with E-state index in [0.29, 0.717) is 15.7 Å². The van der Waals surface area contributed by atoms with Gasteiger partial charge in [0.2, 0.25) is 5.91 Å². The zero-order chi connectivity index (χ0) is 15.2. The zero-order valence-electron chi connectivity index (χ0n) is 11.3. The first-order chi connectivity index (χ1) is 10.1. The zero-order valence-corrected chi connectivity index (χ0v) is 12.8. The van der Waals surface area contributed by atoms with E-state index < -0.39 is 0 Å². The molecule has 0 saturated carbocycles. The molecule has 0 heterocycles. The van der Waals surface area contributed by atoms with Crippen molar-refractivity contribution in [3.05, 3.63) is 64.1 Å². The first kappa shape index (κ1) is 15.4. The van der Waals surface area contributed by atoms with Gasteiger partial charge in [0.05, 0.1) is 7.11 Å². The minimum absolute atomic E-state index is 0.260. The normalized spacial score (nSPS) is 10.6. The van der Waals surface area contributed by atoms with Crippen molar-refractivity contribution in [3.63, 3.8) is 0 Å². The fraction of sp³-hybridized carbons (Fsp3) is 0.0625. The van der Waals surface area contributed by atoms with Gasteiger partial charge in [0.1, 0.15) is 5.75 Å². The van der Waals surface area contributed by atoms with Crippen LogP contribution >= 0.6 is 23.2 Å². The Balaban J connectivity index is 2.01. The number of hydrogen-bond acceptors (Lipinski definition) is 2. The molecule has 2 aromatic carbocycles. The predicted octanol–water partition coefficient (Wildman–Crippen LogP) is 4.65. The summed E-state index contributed by atoms with van der Waals surface area (Å²) in [4.78, 5) is 11.8. The lowest BCUT2D eigenvalue weighted by Gasteiger charge is -2.03. The van der Waals surface area contributed by atoms with Gasteiger partial charge in [0.15, 0.2) is 0 Å². The molecule has 0 aliphatic rings. The fourth-order valence-corrected chi connectivity index (χ4v) is 2.22. The number of rotatable bonds is 4. The van der Waals surface area contributed by atoms with E-state index in [2.05, 4.69) is 5.32 Å². The van der Waals surface area contributed by atoms with Gasteiger partial charge in [-0.25, -0.2) is 0 Å². The highest BCUT2D eigenvalue weighted by Crippen LogP contribution is 2.22. The third kappa shape index (κ3) is 4.81. The van der Waals surface area contributed by atoms with Crippen LogP contribution in [0.25, 0.3) is 6.08 Å². The molecule has 0 aliphatic heterocycles. The number of nitrogens with one attached hydrogen (secondary N) is 1. The maximum atomic E-state index is 11.8. The van der Waals surface area contributed by atoms with E-state index in [1.165, 1.54) is 6.08 Å². The third-order valence-electron chi connectivity index (χ3n) is 2.67. The maximum absolute atomic E-state index is 11.8. The van der Waals surface area contributed by atoms with Gasteiger partial charge < -0.3 is 10.1 Å². The van der Waals surface area contributed by atoms with E-state index in [4.69, 9.17) is 27.9 Å². The second-order valence-corrected chi connectivity index (χ2v) is 5.13. The highest BCUT2D eigenvalue weighted by atomic mass is 35.5. The second-order valence-electron chi connectivity index (χ2n) is 4.25. The number of ether oxygens (including phenoxy) is 1. The van der Waals surface area contributed by atoms with Crippen molar-refractivity contribution in [1.29, 1.82) is 0 Å². The topological polar surface area (TPSA) is 38.3 Å². The molecule has 0 spiro atoms. The van der Waals surface area contributed by atoms with E-state index in [1.807, 2.05) is 24.3 Å². The van der Waals surface area contributed by atoms with Crippen molar-refractivity contribution in [1.82, 2.24) is 0 Å². The van der Waals surface area contributed by atoms with Crippen LogP contribution in [0.1, 0.15) is 5.56 Å². The summed E-state index contributed by atoms with van der Waals surface area (Å²) in [5, 5.41) is 3.64. The number of amides is 1. The Kier molecular flexibility index (Phi) is 5.26. The van der Waals surface area contributed by atoms with E-state index in [9.17, 15) is 4.79 Å². The van der Waals surface area contributed by atoms with Crippen molar-refractivity contribution in [2.24, 2.45) is 0 Å². The molecule has 3 nitrogen and oxygen atoms in total. The van der Waals surface area contributed by atoms with Gasteiger partial charge in [0, 0.05) is 21.8 Å². The Morgan fingerprint density at radius 3 is 2.29 bits per heavy atom. The van der Waals surface area contributed by atoms with Gasteiger partial charge in [-0.2, -0.15) is 0 Å². The van der Waals surface area contributed by atoms with Gasteiger partial charge >= 0.3 is 0 Å². The smallest absolute Gasteiger partial charge is 0.248 e. The van der Waals surface area contributed by atoms with Gasteiger partial charge in [-0.1, -0.05) is 35.3 Å². The fourth-order valence-electron chi connectivity index (χ4n) is 1.70. The number of methoxy groups -OCH3 is 1. The maximum Gasteiger partial charge on any atom is 0.248 e. The molecular formula is C16H13Cl2NO2. The molecule has 0 aromatic heterocycles. The average molecular weight is 322 g/mol. The molecule has 0 atom stereocenters. The second kappa shape index (κ2) is 7.16.